The predicted octanol–water partition coefficient (Wildman–Crippen LogP) is 18.7. The fourth-order valence-corrected chi connectivity index (χ4v) is 33.5. The van der Waals surface area contributed by atoms with Crippen LogP contribution in [-0.2, 0) is 34.0 Å². The molecule has 14 aliphatic rings. The summed E-state index contributed by atoms with van der Waals surface area (Å²) in [5.41, 5.74) is 6.70. The fraction of sp³-hybridized carbons (Fsp3) is 0.868. The lowest BCUT2D eigenvalue weighted by molar-refractivity contribution is -0.221. The second-order valence-corrected chi connectivity index (χ2v) is 53.7. The summed E-state index contributed by atoms with van der Waals surface area (Å²) in [5.74, 6) is 6.39. The number of esters is 1. The molecule has 9 saturated carbocycles. The highest BCUT2D eigenvalue weighted by molar-refractivity contribution is 7.91. The molecule has 0 amide bonds. The number of carboxylic acid groups (broad SMARTS) is 1. The van der Waals surface area contributed by atoms with Crippen LogP contribution in [-0.4, -0.2) is 158 Å². The SMILES string of the molecule is C=C(C)[C@@H]1CC[C@]2(NCCN3CCS(=O)(=O)CC3)CC[C@]3(C)[C@H](CC[C@@H]4[C@@]5(C)CC=C(C6=CC[C@@](CF)(C(=O)OCC[Si](C)(C)C)CC6)C(C)(C)[C@@H]5CC[C@]43C)[C@@H]12.C=C(C)[C@@H]1CC[C@]2(NCCN3CCS(=O)(=O)CC3)CC[C@]3(C)[C@H](CC[C@@H]4[C@@]5(C)CC=C(C6CCC(CF)(C(=O)O)CC6)C(C)(C)[C@@H]5CC[C@]43C)[C@@H]12. The number of allylic oxidation sites excluding steroid dienone is 8. The number of ether oxygens (including phenoxy) is 1. The fourth-order valence-electron chi connectivity index (χ4n) is 30.2. The molecule has 3 N–H and O–H groups in total. The first-order valence-electron chi connectivity index (χ1n) is 43.7. The summed E-state index contributed by atoms with van der Waals surface area (Å²) in [5, 5.41) is 18.3. The Morgan fingerprint density at radius 3 is 1.41 bits per heavy atom. The van der Waals surface area contributed by atoms with Crippen molar-refractivity contribution in [1.29, 1.82) is 0 Å². The zero-order valence-electron chi connectivity index (χ0n) is 70.3. The minimum Gasteiger partial charge on any atom is -0.481 e. The Labute approximate surface area is 655 Å². The third kappa shape index (κ3) is 14.0. The summed E-state index contributed by atoms with van der Waals surface area (Å²) < 4.78 is 82.7. The lowest BCUT2D eigenvalue weighted by Crippen LogP contribution is -2.68. The molecule has 11 fully saturated rings. The van der Waals surface area contributed by atoms with Gasteiger partial charge in [0, 0.05) is 71.5 Å². The summed E-state index contributed by atoms with van der Waals surface area (Å²) in [6.45, 7) is 52.1. The number of halogens is 2. The van der Waals surface area contributed by atoms with Gasteiger partial charge in [-0.2, -0.15) is 0 Å². The monoisotopic (exact) mass is 1560 g/mol. The maximum atomic E-state index is 14.7. The van der Waals surface area contributed by atoms with Crippen LogP contribution in [0.4, 0.5) is 8.78 Å². The smallest absolute Gasteiger partial charge is 0.315 e. The molecule has 2 heterocycles. The van der Waals surface area contributed by atoms with Crippen molar-refractivity contribution in [3.8, 4) is 0 Å². The number of aliphatic carboxylic acids is 1. The lowest BCUT2D eigenvalue weighted by atomic mass is 9.32. The van der Waals surface area contributed by atoms with Gasteiger partial charge in [0.05, 0.1) is 40.4 Å². The highest BCUT2D eigenvalue weighted by Crippen LogP contribution is 2.79. The summed E-state index contributed by atoms with van der Waals surface area (Å²) >= 11 is 0. The number of carbonyl (C=O) groups excluding carboxylic acids is 1. The van der Waals surface area contributed by atoms with Gasteiger partial charge < -0.3 is 30.3 Å². The van der Waals surface area contributed by atoms with E-state index in [0.29, 0.717) is 147 Å². The Kier molecular flexibility index (Phi) is 22.8. The number of hydrogen-bond acceptors (Lipinski definition) is 11. The van der Waals surface area contributed by atoms with Gasteiger partial charge >= 0.3 is 11.9 Å². The van der Waals surface area contributed by atoms with E-state index in [1.165, 1.54) is 125 Å². The van der Waals surface area contributed by atoms with Crippen LogP contribution < -0.4 is 10.6 Å². The van der Waals surface area contributed by atoms with Gasteiger partial charge in [-0.05, 0) is 300 Å². The molecule has 0 radical (unpaired) electrons. The van der Waals surface area contributed by atoms with Crippen LogP contribution in [0.2, 0.25) is 25.7 Å². The molecule has 0 aromatic carbocycles. The summed E-state index contributed by atoms with van der Waals surface area (Å²) in [4.78, 5) is 30.0. The standard InChI is InChI=1S/C48H79FN2O4SSi.C43H69FN2O4S/c1-34(2)36-15-22-48(50-25-26-51-27-30-56(53,54)31-28-51)24-23-45(6)38(41(36)48)11-12-40-44(5)18-16-37(43(3,4)39(44)17-19-46(40,45)7)35-13-20-47(33-49,21-14-35)42(52)55-29-32-57(8,9)10;1-29(2)31-12-19-43(45-22-23-46-24-26-51(49,50)27-25-46)21-20-40(6)33(36(31)43)8-9-35-39(5)15-13-32(38(3,4)34(39)14-16-41(35,40)7)30-10-17-42(28-44,18-11-30)37(47)48/h13,16,36,38-41,50H,1,11-12,14-15,17-33H2,2-10H3;13,30-31,33-36,45H,1,8-12,14-28H2,2-7H3,(H,47,48)/t36-,38+,39-,40+,41+,44-,45+,46+,47+,48-;30?,31-,33+,34-,35+,36+,39-,40+,41+,42?,43-/m00/s1. The Morgan fingerprint density at radius 2 is 0.991 bits per heavy atom. The van der Waals surface area contributed by atoms with E-state index in [2.05, 4.69) is 155 Å². The number of carbonyl (C=O) groups is 2. The maximum absolute atomic E-state index is 14.7. The van der Waals surface area contributed by atoms with Gasteiger partial charge in [0.1, 0.15) is 13.3 Å². The van der Waals surface area contributed by atoms with Crippen LogP contribution in [0, 0.1) is 119 Å². The van der Waals surface area contributed by atoms with E-state index in [1.807, 2.05) is 0 Å². The van der Waals surface area contributed by atoms with Gasteiger partial charge in [0.2, 0.25) is 0 Å². The molecule has 19 atom stereocenters. The quantitative estimate of drug-likeness (QED) is 0.0638. The Bertz CT molecular complexity index is 3740. The molecule has 0 aromatic heterocycles. The average Bonchev–Trinajstić information content (AvgIpc) is 1.10. The molecule has 0 aromatic rings. The number of sulfone groups is 2. The number of alkyl halides is 2. The Balaban J connectivity index is 0.000000192. The molecule has 0 bridgehead atoms. The van der Waals surface area contributed by atoms with Crippen molar-refractivity contribution in [2.75, 3.05) is 95.3 Å². The number of hydrogen-bond donors (Lipinski definition) is 3. The van der Waals surface area contributed by atoms with E-state index in [1.54, 1.807) is 5.57 Å². The summed E-state index contributed by atoms with van der Waals surface area (Å²) in [7, 11) is -7.09. The Hall–Kier alpha value is -2.54. The van der Waals surface area contributed by atoms with Crippen molar-refractivity contribution in [2.24, 2.45) is 119 Å². The van der Waals surface area contributed by atoms with Crippen LogP contribution in [0.15, 0.2) is 59.3 Å². The summed E-state index contributed by atoms with van der Waals surface area (Å²) in [6.07, 6.45) is 33.9. The van der Waals surface area contributed by atoms with Crippen LogP contribution in [0.1, 0.15) is 244 Å². The van der Waals surface area contributed by atoms with Crippen molar-refractivity contribution in [1.82, 2.24) is 20.4 Å². The number of nitrogens with zero attached hydrogens (tertiary/aromatic N) is 2. The molecule has 17 heteroatoms. The minimum absolute atomic E-state index is 0.00611. The van der Waals surface area contributed by atoms with E-state index >= 15 is 0 Å². The molecular weight excluding hydrogens is 1410 g/mol. The van der Waals surface area contributed by atoms with Crippen LogP contribution in [0.5, 0.6) is 0 Å². The van der Waals surface area contributed by atoms with E-state index < -0.39 is 57.9 Å². The van der Waals surface area contributed by atoms with Crippen LogP contribution in [0.25, 0.3) is 0 Å². The third-order valence-electron chi connectivity index (χ3n) is 36.9. The second-order valence-electron chi connectivity index (χ2n) is 43.4. The van der Waals surface area contributed by atoms with E-state index in [9.17, 15) is 40.3 Å². The molecule has 2 aliphatic heterocycles. The van der Waals surface area contributed by atoms with Crippen molar-refractivity contribution in [3.05, 3.63) is 59.3 Å². The Morgan fingerprint density at radius 1 is 0.537 bits per heavy atom. The topological polar surface area (TPSA) is 162 Å². The maximum Gasteiger partial charge on any atom is 0.315 e. The molecule has 2 saturated heterocycles. The van der Waals surface area contributed by atoms with Gasteiger partial charge in [0.15, 0.2) is 19.7 Å². The number of rotatable bonds is 19. The predicted molar refractivity (Wildman–Crippen MR) is 439 cm³/mol. The van der Waals surface area contributed by atoms with E-state index in [0.717, 1.165) is 64.3 Å². The number of carboxylic acids is 1. The van der Waals surface area contributed by atoms with Gasteiger partial charge in [-0.3, -0.25) is 9.59 Å². The molecule has 610 valence electrons. The molecular formula is C91H148F2N4O8S2Si. The van der Waals surface area contributed by atoms with Gasteiger partial charge in [0.25, 0.3) is 0 Å². The summed E-state index contributed by atoms with van der Waals surface area (Å²) in [6, 6.07) is 0.911. The van der Waals surface area contributed by atoms with Crippen LogP contribution >= 0.6 is 0 Å². The largest absolute Gasteiger partial charge is 0.481 e. The molecule has 108 heavy (non-hydrogen) atoms. The highest BCUT2D eigenvalue weighted by atomic mass is 32.2. The molecule has 12 aliphatic carbocycles. The first-order chi connectivity index (χ1) is 50.4. The molecule has 0 unspecified atom stereocenters. The normalized spacial score (nSPS) is 45.0. The van der Waals surface area contributed by atoms with Gasteiger partial charge in [-0.25, -0.2) is 25.6 Å². The highest BCUT2D eigenvalue weighted by Gasteiger charge is 2.73. The average molecular weight is 1560 g/mol. The lowest BCUT2D eigenvalue weighted by Gasteiger charge is -2.72. The van der Waals surface area contributed by atoms with Crippen molar-refractivity contribution >= 4 is 39.7 Å². The third-order valence-corrected chi connectivity index (χ3v) is 41.8. The van der Waals surface area contributed by atoms with Gasteiger partial charge in [-0.15, -0.1) is 0 Å². The number of nitrogens with one attached hydrogen (secondary N) is 2. The second kappa shape index (κ2) is 29.6. The zero-order valence-corrected chi connectivity index (χ0v) is 72.9. The van der Waals surface area contributed by atoms with E-state index in [4.69, 9.17) is 4.74 Å². The first kappa shape index (κ1) is 83.4. The van der Waals surface area contributed by atoms with Gasteiger partial charge in [-0.1, -0.05) is 137 Å². The van der Waals surface area contributed by atoms with Crippen molar-refractivity contribution in [3.63, 3.8) is 0 Å². The van der Waals surface area contributed by atoms with Crippen molar-refractivity contribution in [2.45, 2.75) is 280 Å². The molecule has 14 rings (SSSR count). The van der Waals surface area contributed by atoms with E-state index in [-0.39, 0.29) is 60.4 Å². The van der Waals surface area contributed by atoms with Crippen LogP contribution in [0.3, 0.4) is 0 Å². The van der Waals surface area contributed by atoms with Crippen molar-refractivity contribution < 1.29 is 45.0 Å². The number of fused-ring (bicyclic) bond motifs is 14. The molecule has 0 spiro atoms. The first-order valence-corrected chi connectivity index (χ1v) is 51.1. The zero-order chi connectivity index (χ0) is 78.3. The molecule has 12 nitrogen and oxygen atoms in total. The minimum atomic E-state index is -2.87.